The van der Waals surface area contributed by atoms with Gasteiger partial charge in [-0.2, -0.15) is 0 Å². The van der Waals surface area contributed by atoms with Gasteiger partial charge >= 0.3 is 0 Å². The summed E-state index contributed by atoms with van der Waals surface area (Å²) in [6.45, 7) is 8.89. The van der Waals surface area contributed by atoms with E-state index in [9.17, 15) is 4.79 Å². The standard InChI is InChI=1S/C23H37N5O.HI/c1-18(2)28(21-9-10-21)14-12-25-23(24-3)26-16-20-15-22(29)27(17-20)13-11-19-7-5-4-6-8-19;/h4-8,18,20-21H,9-17H2,1-3H3,(H2,24,25,26);1H. The number of carbonyl (C=O) groups is 1. The SMILES string of the molecule is CN=C(NCCN(C(C)C)C1CC1)NCC1CC(=O)N(CCc2ccccc2)C1.I. The molecule has 3 rings (SSSR count). The van der Waals surface area contributed by atoms with Crippen molar-refractivity contribution in [1.82, 2.24) is 20.4 Å². The maximum absolute atomic E-state index is 12.3. The summed E-state index contributed by atoms with van der Waals surface area (Å²) in [7, 11) is 1.81. The Kier molecular flexibility index (Phi) is 10.4. The predicted octanol–water partition coefficient (Wildman–Crippen LogP) is 2.73. The Hall–Kier alpha value is -1.35. The number of hydrogen-bond acceptors (Lipinski definition) is 3. The third-order valence-electron chi connectivity index (χ3n) is 5.93. The lowest BCUT2D eigenvalue weighted by atomic mass is 10.1. The van der Waals surface area contributed by atoms with E-state index in [0.29, 0.717) is 18.4 Å². The molecule has 1 aromatic rings. The van der Waals surface area contributed by atoms with Crippen LogP contribution >= 0.6 is 24.0 Å². The molecular formula is C23H38IN5O. The number of rotatable bonds is 10. The number of nitrogens with one attached hydrogen (secondary N) is 2. The third kappa shape index (κ3) is 7.72. The topological polar surface area (TPSA) is 60.0 Å². The van der Waals surface area contributed by atoms with Crippen molar-refractivity contribution in [3.8, 4) is 0 Å². The lowest BCUT2D eigenvalue weighted by molar-refractivity contribution is -0.127. The van der Waals surface area contributed by atoms with E-state index in [0.717, 1.165) is 51.1 Å². The minimum atomic E-state index is 0. The molecule has 1 saturated heterocycles. The van der Waals surface area contributed by atoms with Crippen LogP contribution in [0.2, 0.25) is 0 Å². The van der Waals surface area contributed by atoms with Crippen molar-refractivity contribution in [3.05, 3.63) is 35.9 Å². The number of halogens is 1. The number of likely N-dealkylation sites (tertiary alicyclic amines) is 1. The monoisotopic (exact) mass is 527 g/mol. The Morgan fingerprint density at radius 1 is 1.23 bits per heavy atom. The van der Waals surface area contributed by atoms with Gasteiger partial charge in [-0.05, 0) is 38.7 Å². The maximum atomic E-state index is 12.3. The summed E-state index contributed by atoms with van der Waals surface area (Å²) in [5.74, 6) is 1.45. The number of benzene rings is 1. The van der Waals surface area contributed by atoms with E-state index in [1.54, 1.807) is 0 Å². The fraction of sp³-hybridized carbons (Fsp3) is 0.652. The van der Waals surface area contributed by atoms with Crippen LogP contribution < -0.4 is 10.6 Å². The van der Waals surface area contributed by atoms with Gasteiger partial charge in [-0.25, -0.2) is 0 Å². The van der Waals surface area contributed by atoms with Crippen LogP contribution in [0.4, 0.5) is 0 Å². The Morgan fingerprint density at radius 3 is 2.60 bits per heavy atom. The van der Waals surface area contributed by atoms with Gasteiger partial charge in [-0.1, -0.05) is 30.3 Å². The molecule has 2 aliphatic rings. The maximum Gasteiger partial charge on any atom is 0.223 e. The van der Waals surface area contributed by atoms with E-state index in [-0.39, 0.29) is 29.9 Å². The zero-order chi connectivity index (χ0) is 20.6. The highest BCUT2D eigenvalue weighted by Gasteiger charge is 2.30. The van der Waals surface area contributed by atoms with Gasteiger partial charge in [-0.15, -0.1) is 24.0 Å². The summed E-state index contributed by atoms with van der Waals surface area (Å²) in [4.78, 5) is 21.3. The van der Waals surface area contributed by atoms with Gasteiger partial charge in [0.15, 0.2) is 5.96 Å². The summed E-state index contributed by atoms with van der Waals surface area (Å²) in [5, 5.41) is 6.84. The van der Waals surface area contributed by atoms with Gasteiger partial charge in [0, 0.05) is 64.2 Å². The van der Waals surface area contributed by atoms with Crippen molar-refractivity contribution >= 4 is 35.8 Å². The second kappa shape index (κ2) is 12.5. The molecule has 7 heteroatoms. The summed E-state index contributed by atoms with van der Waals surface area (Å²) in [6, 6.07) is 11.7. The van der Waals surface area contributed by atoms with E-state index in [4.69, 9.17) is 0 Å². The molecule has 1 aromatic carbocycles. The van der Waals surface area contributed by atoms with Crippen LogP contribution in [0.15, 0.2) is 35.3 Å². The fourth-order valence-electron chi connectivity index (χ4n) is 4.15. The number of hydrogen-bond donors (Lipinski definition) is 2. The highest BCUT2D eigenvalue weighted by Crippen LogP contribution is 2.27. The van der Waals surface area contributed by atoms with Crippen LogP contribution in [0, 0.1) is 5.92 Å². The number of nitrogens with zero attached hydrogens (tertiary/aromatic N) is 3. The Labute approximate surface area is 198 Å². The molecule has 1 aliphatic carbocycles. The molecule has 0 aromatic heterocycles. The van der Waals surface area contributed by atoms with Crippen LogP contribution in [0.5, 0.6) is 0 Å². The lowest BCUT2D eigenvalue weighted by Gasteiger charge is -2.26. The molecule has 30 heavy (non-hydrogen) atoms. The van der Waals surface area contributed by atoms with Crippen molar-refractivity contribution in [2.24, 2.45) is 10.9 Å². The van der Waals surface area contributed by atoms with Gasteiger partial charge in [0.1, 0.15) is 0 Å². The summed E-state index contributed by atoms with van der Waals surface area (Å²) in [5.41, 5.74) is 1.29. The molecule has 2 N–H and O–H groups in total. The van der Waals surface area contributed by atoms with Crippen LogP contribution in [0.25, 0.3) is 0 Å². The lowest BCUT2D eigenvalue weighted by Crippen LogP contribution is -2.45. The molecule has 0 radical (unpaired) electrons. The largest absolute Gasteiger partial charge is 0.356 e. The summed E-state index contributed by atoms with van der Waals surface area (Å²) >= 11 is 0. The minimum Gasteiger partial charge on any atom is -0.356 e. The first-order valence-electron chi connectivity index (χ1n) is 11.1. The normalized spacial score (nSPS) is 19.4. The molecule has 2 fully saturated rings. The van der Waals surface area contributed by atoms with Crippen molar-refractivity contribution in [2.45, 2.75) is 51.6 Å². The van der Waals surface area contributed by atoms with E-state index in [1.807, 2.05) is 18.0 Å². The zero-order valence-corrected chi connectivity index (χ0v) is 21.0. The first-order chi connectivity index (χ1) is 14.1. The zero-order valence-electron chi connectivity index (χ0n) is 18.6. The van der Waals surface area contributed by atoms with Crippen molar-refractivity contribution < 1.29 is 4.79 Å². The Balaban J connectivity index is 0.00000320. The van der Waals surface area contributed by atoms with E-state index < -0.39 is 0 Å². The molecule has 1 aliphatic heterocycles. The van der Waals surface area contributed by atoms with E-state index in [1.165, 1.54) is 18.4 Å². The highest BCUT2D eigenvalue weighted by atomic mass is 127. The minimum absolute atomic E-state index is 0. The van der Waals surface area contributed by atoms with Crippen LogP contribution in [0.3, 0.4) is 0 Å². The van der Waals surface area contributed by atoms with Gasteiger partial charge in [0.05, 0.1) is 0 Å². The van der Waals surface area contributed by atoms with E-state index >= 15 is 0 Å². The molecule has 1 unspecified atom stereocenters. The van der Waals surface area contributed by atoms with Gasteiger partial charge < -0.3 is 15.5 Å². The second-order valence-corrected chi connectivity index (χ2v) is 8.59. The van der Waals surface area contributed by atoms with E-state index in [2.05, 4.69) is 58.6 Å². The first-order valence-corrected chi connectivity index (χ1v) is 11.1. The second-order valence-electron chi connectivity index (χ2n) is 8.59. The average Bonchev–Trinajstić information content (AvgIpc) is 3.49. The Bertz CT molecular complexity index is 675. The Morgan fingerprint density at radius 2 is 1.97 bits per heavy atom. The number of amides is 1. The molecule has 6 nitrogen and oxygen atoms in total. The van der Waals surface area contributed by atoms with Crippen LogP contribution in [-0.2, 0) is 11.2 Å². The van der Waals surface area contributed by atoms with Crippen LogP contribution in [-0.4, -0.2) is 73.5 Å². The summed E-state index contributed by atoms with van der Waals surface area (Å²) < 4.78 is 0. The highest BCUT2D eigenvalue weighted by molar-refractivity contribution is 14.0. The molecule has 1 atom stereocenters. The number of aliphatic imine (C=N–C) groups is 1. The smallest absolute Gasteiger partial charge is 0.223 e. The quantitative estimate of drug-likeness (QED) is 0.279. The van der Waals surface area contributed by atoms with Crippen molar-refractivity contribution in [1.29, 1.82) is 0 Å². The van der Waals surface area contributed by atoms with Crippen LogP contribution in [0.1, 0.15) is 38.7 Å². The predicted molar refractivity (Wildman–Crippen MR) is 134 cm³/mol. The van der Waals surface area contributed by atoms with Gasteiger partial charge in [-0.3, -0.25) is 14.7 Å². The molecule has 168 valence electrons. The van der Waals surface area contributed by atoms with Crippen molar-refractivity contribution in [2.75, 3.05) is 39.8 Å². The molecular weight excluding hydrogens is 489 g/mol. The molecule has 0 spiro atoms. The molecule has 1 amide bonds. The van der Waals surface area contributed by atoms with Gasteiger partial charge in [0.25, 0.3) is 0 Å². The average molecular weight is 527 g/mol. The third-order valence-corrected chi connectivity index (χ3v) is 5.93. The molecule has 1 heterocycles. The molecule has 0 bridgehead atoms. The molecule has 1 saturated carbocycles. The fourth-order valence-corrected chi connectivity index (χ4v) is 4.15. The number of guanidine groups is 1. The van der Waals surface area contributed by atoms with Crippen molar-refractivity contribution in [3.63, 3.8) is 0 Å². The first kappa shape index (κ1) is 24.9. The number of carbonyl (C=O) groups excluding carboxylic acids is 1. The van der Waals surface area contributed by atoms with Gasteiger partial charge in [0.2, 0.25) is 5.91 Å². The summed E-state index contributed by atoms with van der Waals surface area (Å²) in [6.07, 6.45) is 4.22.